The zero-order valence-electron chi connectivity index (χ0n) is 14.5. The average Bonchev–Trinajstić information content (AvgIpc) is 2.57. The van der Waals surface area contributed by atoms with Crippen molar-refractivity contribution in [2.45, 2.75) is 13.8 Å². The Bertz CT molecular complexity index is 798. The van der Waals surface area contributed by atoms with E-state index in [0.29, 0.717) is 5.02 Å². The Kier molecular flexibility index (Phi) is 6.37. The van der Waals surface area contributed by atoms with E-state index in [1.54, 1.807) is 25.3 Å². The van der Waals surface area contributed by atoms with Gasteiger partial charge in [0.1, 0.15) is 0 Å². The van der Waals surface area contributed by atoms with Crippen LogP contribution in [0, 0.1) is 13.8 Å². The van der Waals surface area contributed by atoms with E-state index in [1.807, 2.05) is 44.2 Å². The number of nitrogens with zero attached hydrogens (tertiary/aromatic N) is 1. The second-order valence-corrected chi connectivity index (χ2v) is 6.38. The number of benzene rings is 2. The van der Waals surface area contributed by atoms with Crippen LogP contribution in [0.15, 0.2) is 48.5 Å². The number of halogens is 1. The maximum Gasteiger partial charge on any atom is 0.246 e. The smallest absolute Gasteiger partial charge is 0.246 e. The van der Waals surface area contributed by atoms with Crippen molar-refractivity contribution >= 4 is 35.2 Å². The predicted molar refractivity (Wildman–Crippen MR) is 103 cm³/mol. The maximum absolute atomic E-state index is 12.2. The van der Waals surface area contributed by atoms with Crippen LogP contribution in [0.25, 0.3) is 6.08 Å². The summed E-state index contributed by atoms with van der Waals surface area (Å²) in [7, 11) is 1.59. The third-order valence-electron chi connectivity index (χ3n) is 3.71. The molecule has 2 amide bonds. The molecule has 5 heteroatoms. The number of likely N-dealkylation sites (N-methyl/N-ethyl adjacent to an activating group) is 1. The van der Waals surface area contributed by atoms with Crippen molar-refractivity contribution in [2.75, 3.05) is 18.9 Å². The number of nitrogens with one attached hydrogen (secondary N) is 1. The molecule has 0 atom stereocenters. The van der Waals surface area contributed by atoms with Gasteiger partial charge in [0.25, 0.3) is 0 Å². The fourth-order valence-electron chi connectivity index (χ4n) is 2.22. The van der Waals surface area contributed by atoms with Gasteiger partial charge < -0.3 is 10.2 Å². The number of rotatable bonds is 5. The van der Waals surface area contributed by atoms with E-state index in [4.69, 9.17) is 11.6 Å². The van der Waals surface area contributed by atoms with Crippen LogP contribution in [0.2, 0.25) is 5.02 Å². The molecule has 0 aliphatic heterocycles. The van der Waals surface area contributed by atoms with Gasteiger partial charge in [-0.1, -0.05) is 35.9 Å². The van der Waals surface area contributed by atoms with E-state index in [2.05, 4.69) is 5.32 Å². The standard InChI is InChI=1S/C20H21ClN2O2/c1-14-4-5-15(2)18(12-14)22-19(24)13-23(3)20(25)11-8-16-6-9-17(21)10-7-16/h4-12H,13H2,1-3H3,(H,22,24)/b11-8+. The monoisotopic (exact) mass is 356 g/mol. The summed E-state index contributed by atoms with van der Waals surface area (Å²) < 4.78 is 0. The molecule has 0 saturated heterocycles. The molecule has 0 radical (unpaired) electrons. The van der Waals surface area contributed by atoms with E-state index in [-0.39, 0.29) is 18.4 Å². The lowest BCUT2D eigenvalue weighted by molar-refractivity contribution is -0.129. The quantitative estimate of drug-likeness (QED) is 0.821. The van der Waals surface area contributed by atoms with Crippen LogP contribution in [0.5, 0.6) is 0 Å². The van der Waals surface area contributed by atoms with Crippen LogP contribution >= 0.6 is 11.6 Å². The van der Waals surface area contributed by atoms with Crippen molar-refractivity contribution in [2.24, 2.45) is 0 Å². The molecule has 25 heavy (non-hydrogen) atoms. The fourth-order valence-corrected chi connectivity index (χ4v) is 2.35. The van der Waals surface area contributed by atoms with Crippen molar-refractivity contribution in [1.29, 1.82) is 0 Å². The molecule has 0 unspecified atom stereocenters. The average molecular weight is 357 g/mol. The largest absolute Gasteiger partial charge is 0.333 e. The molecule has 0 saturated carbocycles. The summed E-state index contributed by atoms with van der Waals surface area (Å²) in [5.41, 5.74) is 3.68. The van der Waals surface area contributed by atoms with Gasteiger partial charge >= 0.3 is 0 Å². The molecule has 1 N–H and O–H groups in total. The van der Waals surface area contributed by atoms with Gasteiger partial charge in [-0.2, -0.15) is 0 Å². The van der Waals surface area contributed by atoms with Crippen molar-refractivity contribution in [3.63, 3.8) is 0 Å². The molecule has 0 aliphatic carbocycles. The van der Waals surface area contributed by atoms with Crippen LogP contribution in [0.3, 0.4) is 0 Å². The first-order chi connectivity index (χ1) is 11.8. The second-order valence-electron chi connectivity index (χ2n) is 5.95. The summed E-state index contributed by atoms with van der Waals surface area (Å²) in [5, 5.41) is 3.49. The number of carbonyl (C=O) groups excluding carboxylic acids is 2. The molecule has 2 rings (SSSR count). The van der Waals surface area contributed by atoms with E-state index in [0.717, 1.165) is 22.4 Å². The number of hydrogen-bond donors (Lipinski definition) is 1. The van der Waals surface area contributed by atoms with Crippen LogP contribution in [0.4, 0.5) is 5.69 Å². The first-order valence-electron chi connectivity index (χ1n) is 7.91. The summed E-state index contributed by atoms with van der Waals surface area (Å²) >= 11 is 5.83. The minimum Gasteiger partial charge on any atom is -0.333 e. The van der Waals surface area contributed by atoms with Crippen LogP contribution in [0.1, 0.15) is 16.7 Å². The first kappa shape index (κ1) is 18.7. The van der Waals surface area contributed by atoms with Gasteiger partial charge in [0.2, 0.25) is 11.8 Å². The summed E-state index contributed by atoms with van der Waals surface area (Å²) in [6.45, 7) is 3.88. The molecule has 0 bridgehead atoms. The molecule has 0 aromatic heterocycles. The topological polar surface area (TPSA) is 49.4 Å². The lowest BCUT2D eigenvalue weighted by Crippen LogP contribution is -2.34. The summed E-state index contributed by atoms with van der Waals surface area (Å²) in [4.78, 5) is 25.7. The summed E-state index contributed by atoms with van der Waals surface area (Å²) in [6, 6.07) is 13.0. The van der Waals surface area contributed by atoms with Gasteiger partial charge in [-0.3, -0.25) is 9.59 Å². The molecule has 0 heterocycles. The van der Waals surface area contributed by atoms with Crippen molar-refractivity contribution in [3.8, 4) is 0 Å². The SMILES string of the molecule is Cc1ccc(C)c(NC(=O)CN(C)C(=O)/C=C/c2ccc(Cl)cc2)c1. The zero-order valence-corrected chi connectivity index (χ0v) is 15.3. The van der Waals surface area contributed by atoms with Gasteiger partial charge in [-0.25, -0.2) is 0 Å². The Labute approximate surface area is 153 Å². The molecule has 0 aliphatic rings. The van der Waals surface area contributed by atoms with E-state index in [9.17, 15) is 9.59 Å². The van der Waals surface area contributed by atoms with E-state index < -0.39 is 0 Å². The lowest BCUT2D eigenvalue weighted by atomic mass is 10.1. The van der Waals surface area contributed by atoms with Crippen molar-refractivity contribution < 1.29 is 9.59 Å². The van der Waals surface area contributed by atoms with Gasteiger partial charge in [0, 0.05) is 23.8 Å². The van der Waals surface area contributed by atoms with Gasteiger partial charge in [0.15, 0.2) is 0 Å². The molecule has 2 aromatic rings. The van der Waals surface area contributed by atoms with Gasteiger partial charge in [-0.15, -0.1) is 0 Å². The van der Waals surface area contributed by atoms with Crippen molar-refractivity contribution in [3.05, 3.63) is 70.3 Å². The molecule has 130 valence electrons. The number of carbonyl (C=O) groups is 2. The molecule has 0 fully saturated rings. The molecular weight excluding hydrogens is 336 g/mol. The minimum atomic E-state index is -0.244. The highest BCUT2D eigenvalue weighted by molar-refractivity contribution is 6.30. The predicted octanol–water partition coefficient (Wildman–Crippen LogP) is 4.07. The molecular formula is C20H21ClN2O2. The minimum absolute atomic E-state index is 0.0167. The molecule has 2 aromatic carbocycles. The van der Waals surface area contributed by atoms with Gasteiger partial charge in [0.05, 0.1) is 6.54 Å². The summed E-state index contributed by atoms with van der Waals surface area (Å²) in [6.07, 6.45) is 3.13. The Morgan fingerprint density at radius 1 is 1.12 bits per heavy atom. The highest BCUT2D eigenvalue weighted by Crippen LogP contribution is 2.16. The Morgan fingerprint density at radius 2 is 1.80 bits per heavy atom. The second kappa shape index (κ2) is 8.49. The number of anilines is 1. The van der Waals surface area contributed by atoms with Crippen LogP contribution in [-0.2, 0) is 9.59 Å². The summed E-state index contributed by atoms with van der Waals surface area (Å²) in [5.74, 6) is -0.476. The fraction of sp³-hybridized carbons (Fsp3) is 0.200. The van der Waals surface area contributed by atoms with Crippen molar-refractivity contribution in [1.82, 2.24) is 4.90 Å². The van der Waals surface area contributed by atoms with Crippen LogP contribution in [-0.4, -0.2) is 30.3 Å². The molecule has 0 spiro atoms. The normalized spacial score (nSPS) is 10.7. The highest BCUT2D eigenvalue weighted by Gasteiger charge is 2.11. The third kappa shape index (κ3) is 5.76. The lowest BCUT2D eigenvalue weighted by Gasteiger charge is -2.16. The Hall–Kier alpha value is -2.59. The number of amides is 2. The number of aryl methyl sites for hydroxylation is 2. The van der Waals surface area contributed by atoms with E-state index >= 15 is 0 Å². The van der Waals surface area contributed by atoms with Gasteiger partial charge in [-0.05, 0) is 54.8 Å². The first-order valence-corrected chi connectivity index (χ1v) is 8.29. The highest BCUT2D eigenvalue weighted by atomic mass is 35.5. The maximum atomic E-state index is 12.2. The third-order valence-corrected chi connectivity index (χ3v) is 3.96. The van der Waals surface area contributed by atoms with E-state index in [1.165, 1.54) is 11.0 Å². The number of hydrogen-bond acceptors (Lipinski definition) is 2. The van der Waals surface area contributed by atoms with Crippen LogP contribution < -0.4 is 5.32 Å². The zero-order chi connectivity index (χ0) is 18.4. The molecule has 4 nitrogen and oxygen atoms in total. The Morgan fingerprint density at radius 3 is 2.48 bits per heavy atom. The Balaban J connectivity index is 1.92.